The number of alkyl halides is 3. The predicted octanol–water partition coefficient (Wildman–Crippen LogP) is 4.91. The minimum absolute atomic E-state index is 0.0551. The van der Waals surface area contributed by atoms with Gasteiger partial charge >= 0.3 is 5.51 Å². The fraction of sp³-hybridized carbons (Fsp3) is 0.100. The van der Waals surface area contributed by atoms with Crippen LogP contribution in [0, 0.1) is 11.3 Å². The molecule has 0 amide bonds. The van der Waals surface area contributed by atoms with Gasteiger partial charge in [-0.1, -0.05) is 42.5 Å². The van der Waals surface area contributed by atoms with Crippen LogP contribution in [0.4, 0.5) is 13.2 Å². The molecule has 0 spiro atoms. The number of aromatic amines is 1. The largest absolute Gasteiger partial charge is 0.446 e. The molecular weight excluding hydrogens is 401 g/mol. The van der Waals surface area contributed by atoms with E-state index >= 15 is 0 Å². The van der Waals surface area contributed by atoms with Crippen molar-refractivity contribution in [2.45, 2.75) is 16.3 Å². The second-order valence-electron chi connectivity index (χ2n) is 6.23. The summed E-state index contributed by atoms with van der Waals surface area (Å²) in [4.78, 5) is 0.0551. The molecule has 9 heteroatoms. The van der Waals surface area contributed by atoms with Crippen molar-refractivity contribution in [3.05, 3.63) is 77.2 Å². The van der Waals surface area contributed by atoms with Crippen molar-refractivity contribution in [1.82, 2.24) is 10.2 Å². The van der Waals surface area contributed by atoms with Crippen LogP contribution < -0.4 is 10.5 Å². The molecule has 0 radical (unpaired) electrons. The lowest BCUT2D eigenvalue weighted by molar-refractivity contribution is -0.0328. The maximum absolute atomic E-state index is 12.6. The molecule has 1 atom stereocenters. The van der Waals surface area contributed by atoms with Gasteiger partial charge in [0, 0.05) is 4.90 Å². The maximum atomic E-state index is 12.6. The molecule has 0 bridgehead atoms. The number of allylic oxidation sites excluding steroid dienone is 1. The molecule has 0 unspecified atom stereocenters. The average molecular weight is 414 g/mol. The normalized spacial score (nSPS) is 16.1. The number of hydrogen-bond acceptors (Lipinski definition) is 5. The number of fused-ring (bicyclic) bond motifs is 1. The van der Waals surface area contributed by atoms with Gasteiger partial charge in [0.25, 0.3) is 0 Å². The van der Waals surface area contributed by atoms with Crippen LogP contribution >= 0.6 is 11.8 Å². The lowest BCUT2D eigenvalue weighted by Gasteiger charge is -2.24. The number of thioether (sulfide) groups is 1. The van der Waals surface area contributed by atoms with Crippen molar-refractivity contribution in [2.75, 3.05) is 0 Å². The Bertz CT molecular complexity index is 1120. The number of H-pyrrole nitrogens is 1. The zero-order chi connectivity index (χ0) is 20.6. The lowest BCUT2D eigenvalue weighted by Crippen LogP contribution is -2.21. The van der Waals surface area contributed by atoms with Gasteiger partial charge in [0.05, 0.1) is 17.2 Å². The van der Waals surface area contributed by atoms with Gasteiger partial charge in [0.15, 0.2) is 0 Å². The summed E-state index contributed by atoms with van der Waals surface area (Å²) in [5.41, 5.74) is 4.42. The van der Waals surface area contributed by atoms with Crippen LogP contribution in [-0.4, -0.2) is 15.7 Å². The Kier molecular flexibility index (Phi) is 4.72. The third kappa shape index (κ3) is 3.67. The molecule has 3 N–H and O–H groups in total. The second kappa shape index (κ2) is 7.22. The molecule has 146 valence electrons. The van der Waals surface area contributed by atoms with Gasteiger partial charge in [-0.2, -0.15) is 18.4 Å². The fourth-order valence-electron chi connectivity index (χ4n) is 3.27. The number of ether oxygens (including phenoxy) is 1. The number of nitrogens with one attached hydrogen (secondary N) is 1. The van der Waals surface area contributed by atoms with Crippen LogP contribution in [0.5, 0.6) is 5.88 Å². The summed E-state index contributed by atoms with van der Waals surface area (Å²) in [7, 11) is 0. The summed E-state index contributed by atoms with van der Waals surface area (Å²) in [5, 5.41) is 16.8. The Hall–Kier alpha value is -3.38. The first-order chi connectivity index (χ1) is 13.9. The van der Waals surface area contributed by atoms with Gasteiger partial charge in [-0.15, -0.1) is 5.10 Å². The second-order valence-corrected chi connectivity index (χ2v) is 7.36. The molecule has 29 heavy (non-hydrogen) atoms. The topological polar surface area (TPSA) is 87.7 Å². The number of rotatable bonds is 3. The van der Waals surface area contributed by atoms with Crippen LogP contribution in [0.15, 0.2) is 70.9 Å². The standard InChI is InChI=1S/C20H13F3N4OS/c21-20(22,23)29-13-8-6-11(7-9-13)15-14(10-24)18(25)28-19-16(15)17(26-27-19)12-4-2-1-3-5-12/h1-9,15H,25H2,(H,26,27)/t15-/m1/s1. The van der Waals surface area contributed by atoms with E-state index in [2.05, 4.69) is 16.3 Å². The number of nitrogens with zero attached hydrogens (tertiary/aromatic N) is 2. The quantitative estimate of drug-likeness (QED) is 0.595. The van der Waals surface area contributed by atoms with Crippen LogP contribution in [0.25, 0.3) is 11.3 Å². The number of benzene rings is 2. The third-order valence-corrected chi connectivity index (χ3v) is 5.19. The molecule has 1 aliphatic rings. The van der Waals surface area contributed by atoms with Crippen molar-refractivity contribution in [3.63, 3.8) is 0 Å². The lowest BCUT2D eigenvalue weighted by atomic mass is 9.83. The number of hydrogen-bond donors (Lipinski definition) is 2. The van der Waals surface area contributed by atoms with Crippen molar-refractivity contribution >= 4 is 11.8 Å². The van der Waals surface area contributed by atoms with Gasteiger partial charge in [-0.05, 0) is 35.0 Å². The van der Waals surface area contributed by atoms with Gasteiger partial charge in [0.1, 0.15) is 11.6 Å². The fourth-order valence-corrected chi connectivity index (χ4v) is 3.80. The number of nitriles is 1. The first-order valence-electron chi connectivity index (χ1n) is 8.44. The summed E-state index contributed by atoms with van der Waals surface area (Å²) in [6.45, 7) is 0. The van der Waals surface area contributed by atoms with Gasteiger partial charge in [-0.3, -0.25) is 5.10 Å². The first-order valence-corrected chi connectivity index (χ1v) is 9.26. The summed E-state index contributed by atoms with van der Waals surface area (Å²) in [5.74, 6) is -0.466. The van der Waals surface area contributed by atoms with Crippen LogP contribution in [-0.2, 0) is 0 Å². The SMILES string of the molecule is N#CC1=C(N)Oc2n[nH]c(-c3ccccc3)c2[C@@H]1c1ccc(SC(F)(F)F)cc1. The summed E-state index contributed by atoms with van der Waals surface area (Å²) in [6, 6.07) is 17.3. The Labute approximate surface area is 168 Å². The zero-order valence-electron chi connectivity index (χ0n) is 14.7. The smallest absolute Gasteiger partial charge is 0.420 e. The van der Waals surface area contributed by atoms with E-state index < -0.39 is 11.4 Å². The summed E-state index contributed by atoms with van der Waals surface area (Å²) >= 11 is -0.194. The molecule has 0 saturated heterocycles. The van der Waals surface area contributed by atoms with Gasteiger partial charge in [0.2, 0.25) is 11.8 Å². The highest BCUT2D eigenvalue weighted by Gasteiger charge is 2.36. The van der Waals surface area contributed by atoms with E-state index in [0.717, 1.165) is 5.56 Å². The van der Waals surface area contributed by atoms with E-state index in [0.29, 0.717) is 16.8 Å². The van der Waals surface area contributed by atoms with E-state index in [4.69, 9.17) is 10.5 Å². The molecule has 0 aliphatic carbocycles. The Morgan fingerprint density at radius 1 is 1.10 bits per heavy atom. The third-order valence-electron chi connectivity index (χ3n) is 4.45. The van der Waals surface area contributed by atoms with Crippen LogP contribution in [0.2, 0.25) is 0 Å². The molecule has 0 fully saturated rings. The van der Waals surface area contributed by atoms with Gasteiger partial charge in [-0.25, -0.2) is 0 Å². The minimum atomic E-state index is -4.37. The van der Waals surface area contributed by atoms with E-state index in [1.54, 1.807) is 12.1 Å². The maximum Gasteiger partial charge on any atom is 0.446 e. The van der Waals surface area contributed by atoms with Crippen LogP contribution in [0.1, 0.15) is 17.0 Å². The Morgan fingerprint density at radius 2 is 1.79 bits per heavy atom. The predicted molar refractivity (Wildman–Crippen MR) is 102 cm³/mol. The first kappa shape index (κ1) is 19.0. The highest BCUT2D eigenvalue weighted by molar-refractivity contribution is 8.00. The highest BCUT2D eigenvalue weighted by atomic mass is 32.2. The monoisotopic (exact) mass is 414 g/mol. The van der Waals surface area contributed by atoms with E-state index in [1.165, 1.54) is 12.1 Å². The number of halogens is 3. The van der Waals surface area contributed by atoms with E-state index in [-0.39, 0.29) is 34.0 Å². The molecule has 3 aromatic rings. The van der Waals surface area contributed by atoms with Crippen LogP contribution in [0.3, 0.4) is 0 Å². The molecular formula is C20H13F3N4OS. The molecule has 5 nitrogen and oxygen atoms in total. The van der Waals surface area contributed by atoms with E-state index in [9.17, 15) is 18.4 Å². The van der Waals surface area contributed by atoms with Gasteiger partial charge < -0.3 is 10.5 Å². The number of aromatic nitrogens is 2. The molecule has 2 heterocycles. The summed E-state index contributed by atoms with van der Waals surface area (Å²) < 4.78 is 43.4. The van der Waals surface area contributed by atoms with Crippen molar-refractivity contribution in [3.8, 4) is 23.2 Å². The molecule has 0 saturated carbocycles. The van der Waals surface area contributed by atoms with Crippen molar-refractivity contribution < 1.29 is 17.9 Å². The highest BCUT2D eigenvalue weighted by Crippen LogP contribution is 2.46. The summed E-state index contributed by atoms with van der Waals surface area (Å²) in [6.07, 6.45) is 0. The minimum Gasteiger partial charge on any atom is -0.420 e. The number of nitrogens with two attached hydrogens (primary N) is 1. The van der Waals surface area contributed by atoms with E-state index in [1.807, 2.05) is 30.3 Å². The molecule has 1 aliphatic heterocycles. The molecule has 4 rings (SSSR count). The Balaban J connectivity index is 1.82. The Morgan fingerprint density at radius 3 is 2.41 bits per heavy atom. The van der Waals surface area contributed by atoms with Crippen molar-refractivity contribution in [2.24, 2.45) is 5.73 Å². The average Bonchev–Trinajstić information content (AvgIpc) is 3.10. The molecule has 1 aromatic heterocycles. The molecule has 2 aromatic carbocycles. The zero-order valence-corrected chi connectivity index (χ0v) is 15.5. The van der Waals surface area contributed by atoms with Crippen molar-refractivity contribution in [1.29, 1.82) is 5.26 Å².